The Kier molecular flexibility index (Phi) is 6.16. The highest BCUT2D eigenvalue weighted by Gasteiger charge is 2.66. The predicted octanol–water partition coefficient (Wildman–Crippen LogP) is 2.54. The smallest absolute Gasteiger partial charge is 0.229 e. The summed E-state index contributed by atoms with van der Waals surface area (Å²) in [5.41, 5.74) is 1.18. The summed E-state index contributed by atoms with van der Waals surface area (Å²) in [4.78, 5) is 18.9. The van der Waals surface area contributed by atoms with E-state index in [1.54, 1.807) is 14.2 Å². The van der Waals surface area contributed by atoms with Crippen molar-refractivity contribution in [1.82, 2.24) is 10.6 Å². The molecular formula is C22H31IN4O3. The Bertz CT molecular complexity index is 828. The summed E-state index contributed by atoms with van der Waals surface area (Å²) in [5, 5.41) is 7.18. The number of rotatable bonds is 4. The second-order valence-corrected chi connectivity index (χ2v) is 8.78. The third-order valence-electron chi connectivity index (χ3n) is 7.38. The van der Waals surface area contributed by atoms with E-state index in [1.807, 2.05) is 29.2 Å². The standard InChI is InChI=1S/C22H30N4O3.HI/c1-23-21(25-19-17-7-10-29-20(17)22(19)8-4-9-22)24-14-11-18(27)26(13-14)15-5-3-6-16(12-15)28-2;/h3,5-6,12,14,17,19-20H,4,7-11,13H2,1-2H3,(H2,23,24,25);1H. The number of benzene rings is 1. The van der Waals surface area contributed by atoms with Crippen molar-refractivity contribution >= 4 is 41.5 Å². The molecule has 2 saturated carbocycles. The molecule has 5 rings (SSSR count). The monoisotopic (exact) mass is 526 g/mol. The first-order valence-electron chi connectivity index (χ1n) is 10.7. The topological polar surface area (TPSA) is 75.2 Å². The van der Waals surface area contributed by atoms with E-state index in [0.717, 1.165) is 30.4 Å². The number of anilines is 1. The molecule has 0 bridgehead atoms. The molecule has 2 N–H and O–H groups in total. The number of carbonyl (C=O) groups is 1. The van der Waals surface area contributed by atoms with Crippen molar-refractivity contribution in [2.75, 3.05) is 32.2 Å². The fraction of sp³-hybridized carbons (Fsp3) is 0.636. The number of amides is 1. The Morgan fingerprint density at radius 1 is 1.33 bits per heavy atom. The molecule has 0 aromatic heterocycles. The highest BCUT2D eigenvalue weighted by molar-refractivity contribution is 14.0. The highest BCUT2D eigenvalue weighted by Crippen LogP contribution is 2.62. The number of halogens is 1. The molecule has 30 heavy (non-hydrogen) atoms. The van der Waals surface area contributed by atoms with Crippen molar-refractivity contribution in [3.8, 4) is 5.75 Å². The summed E-state index contributed by atoms with van der Waals surface area (Å²) < 4.78 is 11.3. The lowest BCUT2D eigenvalue weighted by atomic mass is 9.46. The number of hydrogen-bond acceptors (Lipinski definition) is 4. The van der Waals surface area contributed by atoms with Gasteiger partial charge in [0.1, 0.15) is 5.75 Å². The van der Waals surface area contributed by atoms with E-state index in [1.165, 1.54) is 19.3 Å². The maximum absolute atomic E-state index is 12.6. The highest BCUT2D eigenvalue weighted by atomic mass is 127. The van der Waals surface area contributed by atoms with Gasteiger partial charge in [0.25, 0.3) is 0 Å². The van der Waals surface area contributed by atoms with Crippen molar-refractivity contribution in [1.29, 1.82) is 0 Å². The van der Waals surface area contributed by atoms with Crippen LogP contribution in [0, 0.1) is 11.3 Å². The minimum atomic E-state index is 0. The van der Waals surface area contributed by atoms with Crippen LogP contribution in [-0.2, 0) is 9.53 Å². The summed E-state index contributed by atoms with van der Waals surface area (Å²) in [6.07, 6.45) is 5.81. The summed E-state index contributed by atoms with van der Waals surface area (Å²) in [7, 11) is 3.45. The van der Waals surface area contributed by atoms with Crippen LogP contribution in [0.25, 0.3) is 0 Å². The molecular weight excluding hydrogens is 495 g/mol. The lowest BCUT2D eigenvalue weighted by Gasteiger charge is -2.63. The van der Waals surface area contributed by atoms with E-state index in [2.05, 4.69) is 15.6 Å². The van der Waals surface area contributed by atoms with Crippen LogP contribution in [0.5, 0.6) is 5.75 Å². The molecule has 8 heteroatoms. The number of carbonyl (C=O) groups excluding carboxylic acids is 1. The van der Waals surface area contributed by atoms with Crippen molar-refractivity contribution < 1.29 is 14.3 Å². The first kappa shape index (κ1) is 21.7. The third-order valence-corrected chi connectivity index (χ3v) is 7.38. The van der Waals surface area contributed by atoms with E-state index in [4.69, 9.17) is 9.47 Å². The minimum absolute atomic E-state index is 0. The Morgan fingerprint density at radius 3 is 2.87 bits per heavy atom. The normalized spacial score (nSPS) is 31.5. The Morgan fingerprint density at radius 2 is 2.17 bits per heavy atom. The predicted molar refractivity (Wildman–Crippen MR) is 127 cm³/mol. The molecule has 2 heterocycles. The third kappa shape index (κ3) is 3.45. The van der Waals surface area contributed by atoms with Gasteiger partial charge >= 0.3 is 0 Å². The van der Waals surface area contributed by atoms with Crippen LogP contribution in [0.3, 0.4) is 0 Å². The Balaban J connectivity index is 0.00000218. The lowest BCUT2D eigenvalue weighted by Crippen LogP contribution is -2.72. The van der Waals surface area contributed by atoms with Crippen LogP contribution in [0.4, 0.5) is 5.69 Å². The fourth-order valence-electron chi connectivity index (χ4n) is 5.80. The van der Waals surface area contributed by atoms with Gasteiger partial charge in [0.05, 0.1) is 19.3 Å². The van der Waals surface area contributed by atoms with Crippen LogP contribution < -0.4 is 20.3 Å². The first-order chi connectivity index (χ1) is 14.1. The molecule has 164 valence electrons. The summed E-state index contributed by atoms with van der Waals surface area (Å²) >= 11 is 0. The molecule has 4 fully saturated rings. The fourth-order valence-corrected chi connectivity index (χ4v) is 5.80. The molecule has 4 unspecified atom stereocenters. The van der Waals surface area contributed by atoms with Crippen molar-refractivity contribution in [3.63, 3.8) is 0 Å². The summed E-state index contributed by atoms with van der Waals surface area (Å²) in [5.74, 6) is 2.27. The van der Waals surface area contributed by atoms with Crippen LogP contribution >= 0.6 is 24.0 Å². The molecule has 1 amide bonds. The molecule has 7 nitrogen and oxygen atoms in total. The van der Waals surface area contributed by atoms with Crippen LogP contribution in [0.15, 0.2) is 29.3 Å². The average molecular weight is 526 g/mol. The van der Waals surface area contributed by atoms with E-state index >= 15 is 0 Å². The van der Waals surface area contributed by atoms with Gasteiger partial charge in [-0.2, -0.15) is 0 Å². The average Bonchev–Trinajstić information content (AvgIpc) is 3.28. The second-order valence-electron chi connectivity index (χ2n) is 8.78. The quantitative estimate of drug-likeness (QED) is 0.359. The zero-order valence-electron chi connectivity index (χ0n) is 17.6. The minimum Gasteiger partial charge on any atom is -0.497 e. The van der Waals surface area contributed by atoms with Gasteiger partial charge in [-0.15, -0.1) is 24.0 Å². The zero-order valence-corrected chi connectivity index (χ0v) is 19.9. The molecule has 0 radical (unpaired) electrons. The van der Waals surface area contributed by atoms with Gasteiger partial charge in [0, 0.05) is 55.7 Å². The first-order valence-corrected chi connectivity index (χ1v) is 10.7. The largest absolute Gasteiger partial charge is 0.497 e. The van der Waals surface area contributed by atoms with E-state index < -0.39 is 0 Å². The molecule has 2 aliphatic carbocycles. The molecule has 2 saturated heterocycles. The Hall–Kier alpha value is -1.55. The van der Waals surface area contributed by atoms with Gasteiger partial charge in [-0.1, -0.05) is 12.5 Å². The molecule has 1 aromatic rings. The van der Waals surface area contributed by atoms with Crippen molar-refractivity contribution in [3.05, 3.63) is 24.3 Å². The second kappa shape index (κ2) is 8.53. The van der Waals surface area contributed by atoms with Crippen molar-refractivity contribution in [2.45, 2.75) is 50.3 Å². The number of ether oxygens (including phenoxy) is 2. The summed E-state index contributed by atoms with van der Waals surface area (Å²) in [6.45, 7) is 1.51. The number of hydrogen-bond donors (Lipinski definition) is 2. The molecule has 4 aliphatic rings. The maximum Gasteiger partial charge on any atom is 0.229 e. The van der Waals surface area contributed by atoms with E-state index in [0.29, 0.717) is 36.4 Å². The SMILES string of the molecule is CN=C(NC1CC(=O)N(c2cccc(OC)c2)C1)NC1C2CCOC2C12CCC2.I. The number of nitrogens with zero attached hydrogens (tertiary/aromatic N) is 2. The number of methoxy groups -OCH3 is 1. The van der Waals surface area contributed by atoms with Gasteiger partial charge < -0.3 is 25.0 Å². The molecule has 1 spiro atoms. The number of guanidine groups is 1. The lowest BCUT2D eigenvalue weighted by molar-refractivity contribution is -0.171. The van der Waals surface area contributed by atoms with E-state index in [-0.39, 0.29) is 35.9 Å². The number of fused-ring (bicyclic) bond motifs is 2. The molecule has 4 atom stereocenters. The van der Waals surface area contributed by atoms with Crippen LogP contribution in [0.1, 0.15) is 32.1 Å². The van der Waals surface area contributed by atoms with Gasteiger partial charge in [0.15, 0.2) is 5.96 Å². The van der Waals surface area contributed by atoms with E-state index in [9.17, 15) is 4.79 Å². The van der Waals surface area contributed by atoms with Crippen molar-refractivity contribution in [2.24, 2.45) is 16.3 Å². The van der Waals surface area contributed by atoms with Gasteiger partial charge in [-0.3, -0.25) is 9.79 Å². The van der Waals surface area contributed by atoms with Crippen LogP contribution in [0.2, 0.25) is 0 Å². The molecule has 1 aromatic carbocycles. The van der Waals surface area contributed by atoms with Gasteiger partial charge in [-0.05, 0) is 31.4 Å². The van der Waals surface area contributed by atoms with Gasteiger partial charge in [-0.25, -0.2) is 0 Å². The van der Waals surface area contributed by atoms with Gasteiger partial charge in [0.2, 0.25) is 5.91 Å². The number of nitrogens with one attached hydrogen (secondary N) is 2. The molecule has 2 aliphatic heterocycles. The zero-order chi connectivity index (χ0) is 20.0. The van der Waals surface area contributed by atoms with Crippen LogP contribution in [-0.4, -0.2) is 57.4 Å². The Labute approximate surface area is 195 Å². The summed E-state index contributed by atoms with van der Waals surface area (Å²) in [6, 6.07) is 8.12. The number of aliphatic imine (C=N–C) groups is 1. The maximum atomic E-state index is 12.6.